The lowest BCUT2D eigenvalue weighted by molar-refractivity contribution is -0.116. The van der Waals surface area contributed by atoms with Crippen molar-refractivity contribution in [3.05, 3.63) is 46.3 Å². The minimum atomic E-state index is -0.468. The van der Waals surface area contributed by atoms with Crippen molar-refractivity contribution >= 4 is 34.3 Å². The van der Waals surface area contributed by atoms with E-state index in [1.165, 1.54) is 0 Å². The molecule has 0 saturated heterocycles. The highest BCUT2D eigenvalue weighted by Gasteiger charge is 2.17. The largest absolute Gasteiger partial charge is 0.462 e. The van der Waals surface area contributed by atoms with Crippen molar-refractivity contribution in [1.82, 2.24) is 20.4 Å². The molecular formula is C21H23N5O5S. The van der Waals surface area contributed by atoms with Crippen LogP contribution in [0.15, 0.2) is 28.8 Å². The van der Waals surface area contributed by atoms with Crippen LogP contribution in [-0.2, 0) is 16.0 Å². The van der Waals surface area contributed by atoms with Crippen molar-refractivity contribution in [2.75, 3.05) is 18.5 Å². The zero-order valence-electron chi connectivity index (χ0n) is 17.9. The number of hydrogen-bond donors (Lipinski definition) is 2. The van der Waals surface area contributed by atoms with E-state index in [2.05, 4.69) is 25.8 Å². The minimum absolute atomic E-state index is 0.0451. The lowest BCUT2D eigenvalue weighted by atomic mass is 10.1. The van der Waals surface area contributed by atoms with Crippen LogP contribution in [0.4, 0.5) is 5.13 Å². The summed E-state index contributed by atoms with van der Waals surface area (Å²) in [4.78, 5) is 45.3. The zero-order valence-corrected chi connectivity index (χ0v) is 18.7. The number of ether oxygens (including phenoxy) is 1. The normalized spacial score (nSPS) is 10.6. The molecular weight excluding hydrogens is 434 g/mol. The van der Waals surface area contributed by atoms with E-state index in [0.717, 1.165) is 11.3 Å². The van der Waals surface area contributed by atoms with Gasteiger partial charge in [0.25, 0.3) is 5.91 Å². The van der Waals surface area contributed by atoms with Crippen LogP contribution in [0, 0.1) is 6.92 Å². The first-order valence-corrected chi connectivity index (χ1v) is 10.9. The van der Waals surface area contributed by atoms with Gasteiger partial charge in [-0.3, -0.25) is 9.59 Å². The van der Waals surface area contributed by atoms with Gasteiger partial charge in [0.1, 0.15) is 4.88 Å². The van der Waals surface area contributed by atoms with E-state index in [1.54, 1.807) is 38.1 Å². The average molecular weight is 458 g/mol. The molecule has 168 valence electrons. The molecule has 11 heteroatoms. The predicted octanol–water partition coefficient (Wildman–Crippen LogP) is 3.00. The lowest BCUT2D eigenvalue weighted by Crippen LogP contribution is -2.27. The van der Waals surface area contributed by atoms with Gasteiger partial charge in [0.2, 0.25) is 17.6 Å². The highest BCUT2D eigenvalue weighted by atomic mass is 32.1. The highest BCUT2D eigenvalue weighted by molar-refractivity contribution is 7.17. The number of thiazole rings is 1. The van der Waals surface area contributed by atoms with E-state index in [-0.39, 0.29) is 31.4 Å². The topological polar surface area (TPSA) is 136 Å². The molecule has 3 aromatic rings. The number of hydrogen-bond acceptors (Lipinski definition) is 9. The third kappa shape index (κ3) is 5.76. The molecule has 0 atom stereocenters. The third-order valence-electron chi connectivity index (χ3n) is 4.29. The number of carbonyl (C=O) groups excluding carboxylic acids is 3. The summed E-state index contributed by atoms with van der Waals surface area (Å²) in [6.45, 7) is 5.69. The summed E-state index contributed by atoms with van der Waals surface area (Å²) >= 11 is 1.05. The molecule has 0 radical (unpaired) electrons. The summed E-state index contributed by atoms with van der Waals surface area (Å²) in [5.41, 5.74) is 1.57. The number of amides is 2. The van der Waals surface area contributed by atoms with Crippen LogP contribution in [0.5, 0.6) is 0 Å². The number of rotatable bonds is 9. The second-order valence-electron chi connectivity index (χ2n) is 6.65. The van der Waals surface area contributed by atoms with E-state index >= 15 is 0 Å². The highest BCUT2D eigenvalue weighted by Crippen LogP contribution is 2.23. The Labute approximate surface area is 188 Å². The number of anilines is 1. The first-order chi connectivity index (χ1) is 15.4. The second kappa shape index (κ2) is 10.6. The van der Waals surface area contributed by atoms with Crippen LogP contribution in [-0.4, -0.2) is 46.1 Å². The molecule has 0 aliphatic rings. The smallest absolute Gasteiger partial charge is 0.350 e. The summed E-state index contributed by atoms with van der Waals surface area (Å²) in [6.07, 6.45) is 0.670. The third-order valence-corrected chi connectivity index (χ3v) is 5.35. The Balaban J connectivity index is 1.51. The molecule has 0 fully saturated rings. The number of nitrogens with zero attached hydrogens (tertiary/aromatic N) is 3. The van der Waals surface area contributed by atoms with Gasteiger partial charge >= 0.3 is 5.97 Å². The number of esters is 1. The number of aromatic nitrogens is 3. The summed E-state index contributed by atoms with van der Waals surface area (Å²) < 4.78 is 10.1. The first-order valence-electron chi connectivity index (χ1n) is 10.1. The van der Waals surface area contributed by atoms with Gasteiger partial charge in [-0.1, -0.05) is 35.5 Å². The zero-order chi connectivity index (χ0) is 23.1. The molecule has 0 saturated carbocycles. The number of nitrogens with one attached hydrogen (secondary N) is 2. The Morgan fingerprint density at radius 2 is 2.00 bits per heavy atom. The van der Waals surface area contributed by atoms with Gasteiger partial charge in [-0.25, -0.2) is 9.78 Å². The van der Waals surface area contributed by atoms with E-state index < -0.39 is 5.97 Å². The maximum Gasteiger partial charge on any atom is 0.350 e. The molecule has 2 N–H and O–H groups in total. The fourth-order valence-corrected chi connectivity index (χ4v) is 3.60. The van der Waals surface area contributed by atoms with Crippen LogP contribution < -0.4 is 10.6 Å². The molecule has 32 heavy (non-hydrogen) atoms. The van der Waals surface area contributed by atoms with Crippen LogP contribution in [0.3, 0.4) is 0 Å². The Morgan fingerprint density at radius 3 is 2.72 bits per heavy atom. The number of benzene rings is 1. The molecule has 0 unspecified atom stereocenters. The fourth-order valence-electron chi connectivity index (χ4n) is 2.72. The quantitative estimate of drug-likeness (QED) is 0.468. The lowest BCUT2D eigenvalue weighted by Gasteiger charge is -2.06. The van der Waals surface area contributed by atoms with Gasteiger partial charge in [-0.05, 0) is 26.0 Å². The van der Waals surface area contributed by atoms with Crippen LogP contribution in [0.2, 0.25) is 0 Å². The Kier molecular flexibility index (Phi) is 7.66. The molecule has 2 amide bonds. The van der Waals surface area contributed by atoms with Crippen molar-refractivity contribution in [2.24, 2.45) is 0 Å². The molecule has 2 aromatic heterocycles. The molecule has 0 bridgehead atoms. The van der Waals surface area contributed by atoms with Gasteiger partial charge < -0.3 is 19.9 Å². The second-order valence-corrected chi connectivity index (χ2v) is 7.65. The molecule has 10 nitrogen and oxygen atoms in total. The summed E-state index contributed by atoms with van der Waals surface area (Å²) in [6, 6.07) is 6.84. The Hall–Kier alpha value is -3.60. The number of carbonyl (C=O) groups is 3. The van der Waals surface area contributed by atoms with Crippen molar-refractivity contribution in [1.29, 1.82) is 0 Å². The van der Waals surface area contributed by atoms with Crippen molar-refractivity contribution in [3.8, 4) is 11.4 Å². The fraction of sp³-hybridized carbons (Fsp3) is 0.333. The summed E-state index contributed by atoms with van der Waals surface area (Å²) in [5.74, 6) is -0.192. The Morgan fingerprint density at radius 1 is 1.19 bits per heavy atom. The van der Waals surface area contributed by atoms with Gasteiger partial charge in [0.05, 0.1) is 12.3 Å². The molecule has 0 aliphatic heterocycles. The molecule has 0 aliphatic carbocycles. The number of aryl methyl sites for hydroxylation is 2. The van der Waals surface area contributed by atoms with Crippen LogP contribution in [0.1, 0.15) is 51.9 Å². The van der Waals surface area contributed by atoms with Gasteiger partial charge in [-0.2, -0.15) is 4.98 Å². The van der Waals surface area contributed by atoms with E-state index in [9.17, 15) is 14.4 Å². The van der Waals surface area contributed by atoms with Crippen molar-refractivity contribution in [2.45, 2.75) is 33.6 Å². The molecule has 0 spiro atoms. The van der Waals surface area contributed by atoms with E-state index in [1.807, 2.05) is 6.92 Å². The average Bonchev–Trinajstić information content (AvgIpc) is 3.40. The standard InChI is InChI=1S/C21H23N5O5S/c1-4-16-25-18(26-31-16)13-7-6-8-14(11-13)19(28)22-10-9-15(27)24-21-23-12(3)17(32-21)20(29)30-5-2/h6-8,11H,4-5,9-10H2,1-3H3,(H,22,28)(H,23,24,27). The summed E-state index contributed by atoms with van der Waals surface area (Å²) in [5, 5.41) is 9.56. The minimum Gasteiger partial charge on any atom is -0.462 e. The van der Waals surface area contributed by atoms with Crippen molar-refractivity contribution < 1.29 is 23.6 Å². The summed E-state index contributed by atoms with van der Waals surface area (Å²) in [7, 11) is 0. The maximum atomic E-state index is 12.4. The van der Waals surface area contributed by atoms with E-state index in [0.29, 0.717) is 45.0 Å². The van der Waals surface area contributed by atoms with Crippen LogP contribution >= 0.6 is 11.3 Å². The van der Waals surface area contributed by atoms with Gasteiger partial charge in [-0.15, -0.1) is 0 Å². The molecule has 2 heterocycles. The SMILES string of the molecule is CCOC(=O)c1sc(NC(=O)CCNC(=O)c2cccc(-c3noc(CC)n3)c2)nc1C. The molecule has 3 rings (SSSR count). The monoisotopic (exact) mass is 457 g/mol. The van der Waals surface area contributed by atoms with Crippen molar-refractivity contribution in [3.63, 3.8) is 0 Å². The van der Waals surface area contributed by atoms with E-state index in [4.69, 9.17) is 9.26 Å². The molecule has 1 aromatic carbocycles. The van der Waals surface area contributed by atoms with Gasteiger partial charge in [0.15, 0.2) is 5.13 Å². The first kappa shape index (κ1) is 23.1. The Bertz CT molecular complexity index is 1120. The van der Waals surface area contributed by atoms with Gasteiger partial charge in [0, 0.05) is 30.5 Å². The predicted molar refractivity (Wildman–Crippen MR) is 117 cm³/mol. The maximum absolute atomic E-state index is 12.4. The van der Waals surface area contributed by atoms with Crippen LogP contribution in [0.25, 0.3) is 11.4 Å².